The summed E-state index contributed by atoms with van der Waals surface area (Å²) in [5.41, 5.74) is 0. The van der Waals surface area contributed by atoms with Gasteiger partial charge in [-0.05, 0) is 13.8 Å². The Morgan fingerprint density at radius 3 is 2.82 bits per heavy atom. The van der Waals surface area contributed by atoms with Gasteiger partial charge >= 0.3 is 0 Å². The highest BCUT2D eigenvalue weighted by molar-refractivity contribution is 6.32. The number of nitrogens with zero attached hydrogens (tertiary/aromatic N) is 3. The van der Waals surface area contributed by atoms with Crippen LogP contribution in [0.15, 0.2) is 6.20 Å². The molecule has 0 saturated carbocycles. The predicted molar refractivity (Wildman–Crippen MR) is 71.0 cm³/mol. The molecule has 0 aliphatic carbocycles. The third kappa shape index (κ3) is 4.02. The Kier molecular flexibility index (Phi) is 6.00. The molecule has 0 unspecified atom stereocenters. The molecule has 0 radical (unpaired) electrons. The van der Waals surface area contributed by atoms with Crippen molar-refractivity contribution >= 4 is 23.4 Å². The maximum Gasteiger partial charge on any atom is 0.224 e. The van der Waals surface area contributed by atoms with Crippen molar-refractivity contribution in [2.24, 2.45) is 0 Å². The molecule has 1 aromatic rings. The smallest absolute Gasteiger partial charge is 0.224 e. The highest BCUT2D eigenvalue weighted by atomic mass is 35.5. The lowest BCUT2D eigenvalue weighted by Crippen LogP contribution is -2.28. The topological polar surface area (TPSA) is 50.3 Å². The van der Waals surface area contributed by atoms with Crippen LogP contribution in [0.5, 0.6) is 0 Å². The number of rotatable bonds is 7. The first-order valence-electron chi connectivity index (χ1n) is 5.73. The van der Waals surface area contributed by atoms with E-state index in [1.54, 1.807) is 13.3 Å². The maximum absolute atomic E-state index is 6.11. The fourth-order valence-corrected chi connectivity index (χ4v) is 1.65. The average molecular weight is 259 g/mol. The molecule has 0 saturated heterocycles. The summed E-state index contributed by atoms with van der Waals surface area (Å²) < 4.78 is 5.07. The minimum atomic E-state index is 0.560. The van der Waals surface area contributed by atoms with Gasteiger partial charge in [-0.25, -0.2) is 4.98 Å². The molecule has 0 fully saturated rings. The number of halogens is 1. The number of anilines is 2. The van der Waals surface area contributed by atoms with Gasteiger partial charge in [0.2, 0.25) is 5.95 Å². The van der Waals surface area contributed by atoms with E-state index in [4.69, 9.17) is 16.3 Å². The van der Waals surface area contributed by atoms with Gasteiger partial charge in [-0.1, -0.05) is 11.6 Å². The molecule has 0 aromatic carbocycles. The van der Waals surface area contributed by atoms with Crippen molar-refractivity contribution in [3.63, 3.8) is 0 Å². The molecule has 96 valence electrons. The second kappa shape index (κ2) is 7.29. The van der Waals surface area contributed by atoms with Crippen LogP contribution in [0, 0.1) is 0 Å². The second-order valence-corrected chi connectivity index (χ2v) is 3.88. The SMILES string of the molecule is CCNc1ncc(Cl)c(N(CC)CCOC)n1. The van der Waals surface area contributed by atoms with E-state index in [0.29, 0.717) is 17.6 Å². The van der Waals surface area contributed by atoms with Gasteiger partial charge < -0.3 is 15.0 Å². The van der Waals surface area contributed by atoms with Crippen molar-refractivity contribution in [1.29, 1.82) is 0 Å². The number of ether oxygens (including phenoxy) is 1. The predicted octanol–water partition coefficient (Wildman–Crippen LogP) is 2.03. The Labute approximate surface area is 107 Å². The fraction of sp³-hybridized carbons (Fsp3) is 0.636. The summed E-state index contributed by atoms with van der Waals surface area (Å²) in [7, 11) is 1.68. The lowest BCUT2D eigenvalue weighted by atomic mass is 10.4. The highest BCUT2D eigenvalue weighted by Crippen LogP contribution is 2.23. The van der Waals surface area contributed by atoms with E-state index >= 15 is 0 Å². The number of aromatic nitrogens is 2. The summed E-state index contributed by atoms with van der Waals surface area (Å²) in [6.07, 6.45) is 1.62. The quantitative estimate of drug-likeness (QED) is 0.811. The number of hydrogen-bond donors (Lipinski definition) is 1. The Morgan fingerprint density at radius 1 is 1.47 bits per heavy atom. The van der Waals surface area contributed by atoms with E-state index < -0.39 is 0 Å². The molecule has 1 aromatic heterocycles. The molecule has 1 rings (SSSR count). The van der Waals surface area contributed by atoms with Crippen LogP contribution in [0.2, 0.25) is 5.02 Å². The van der Waals surface area contributed by atoms with Gasteiger partial charge in [0, 0.05) is 26.7 Å². The molecule has 1 N–H and O–H groups in total. The first-order chi connectivity index (χ1) is 8.22. The van der Waals surface area contributed by atoms with Crippen LogP contribution in [0.1, 0.15) is 13.8 Å². The zero-order valence-corrected chi connectivity index (χ0v) is 11.3. The Balaban J connectivity index is 2.87. The number of nitrogens with one attached hydrogen (secondary N) is 1. The maximum atomic E-state index is 6.11. The van der Waals surface area contributed by atoms with E-state index in [9.17, 15) is 0 Å². The normalized spacial score (nSPS) is 10.4. The summed E-state index contributed by atoms with van der Waals surface area (Å²) in [5, 5.41) is 3.63. The van der Waals surface area contributed by atoms with Gasteiger partial charge in [-0.15, -0.1) is 0 Å². The Hall–Kier alpha value is -1.07. The molecule has 6 heteroatoms. The molecule has 0 aliphatic rings. The van der Waals surface area contributed by atoms with Gasteiger partial charge in [0.15, 0.2) is 5.82 Å². The van der Waals surface area contributed by atoms with Crippen molar-refractivity contribution in [1.82, 2.24) is 9.97 Å². The molecule has 0 bridgehead atoms. The summed E-state index contributed by atoms with van der Waals surface area (Å²) in [6, 6.07) is 0. The van der Waals surface area contributed by atoms with E-state index in [0.717, 1.165) is 25.5 Å². The Morgan fingerprint density at radius 2 is 2.24 bits per heavy atom. The van der Waals surface area contributed by atoms with Crippen molar-refractivity contribution in [3.05, 3.63) is 11.2 Å². The third-order valence-corrected chi connectivity index (χ3v) is 2.57. The van der Waals surface area contributed by atoms with Crippen LogP contribution in [-0.4, -0.2) is 43.3 Å². The highest BCUT2D eigenvalue weighted by Gasteiger charge is 2.11. The van der Waals surface area contributed by atoms with Crippen LogP contribution in [0.4, 0.5) is 11.8 Å². The average Bonchev–Trinajstić information content (AvgIpc) is 2.34. The minimum absolute atomic E-state index is 0.560. The molecule has 0 atom stereocenters. The van der Waals surface area contributed by atoms with Gasteiger partial charge in [0.1, 0.15) is 5.02 Å². The minimum Gasteiger partial charge on any atom is -0.383 e. The molecular weight excluding hydrogens is 240 g/mol. The molecule has 0 amide bonds. The first kappa shape index (κ1) is 14.0. The van der Waals surface area contributed by atoms with Gasteiger partial charge in [-0.3, -0.25) is 0 Å². The van der Waals surface area contributed by atoms with Crippen LogP contribution in [-0.2, 0) is 4.74 Å². The first-order valence-corrected chi connectivity index (χ1v) is 6.11. The van der Waals surface area contributed by atoms with Gasteiger partial charge in [-0.2, -0.15) is 4.98 Å². The molecule has 17 heavy (non-hydrogen) atoms. The Bertz CT molecular complexity index is 348. The molecule has 5 nitrogen and oxygen atoms in total. The molecule has 0 aliphatic heterocycles. The largest absolute Gasteiger partial charge is 0.383 e. The summed E-state index contributed by atoms with van der Waals surface area (Å²) in [4.78, 5) is 10.6. The van der Waals surface area contributed by atoms with E-state index in [1.807, 2.05) is 6.92 Å². The van der Waals surface area contributed by atoms with Crippen LogP contribution >= 0.6 is 11.6 Å². The van der Waals surface area contributed by atoms with Crippen molar-refractivity contribution in [2.75, 3.05) is 43.6 Å². The van der Waals surface area contributed by atoms with Crippen molar-refractivity contribution < 1.29 is 4.74 Å². The van der Waals surface area contributed by atoms with E-state index in [-0.39, 0.29) is 0 Å². The zero-order chi connectivity index (χ0) is 12.7. The second-order valence-electron chi connectivity index (χ2n) is 3.47. The summed E-state index contributed by atoms with van der Waals surface area (Å²) in [6.45, 7) is 7.07. The van der Waals surface area contributed by atoms with E-state index in [2.05, 4.69) is 27.1 Å². The summed E-state index contributed by atoms with van der Waals surface area (Å²) >= 11 is 6.11. The number of hydrogen-bond acceptors (Lipinski definition) is 5. The van der Waals surface area contributed by atoms with E-state index in [1.165, 1.54) is 0 Å². The standard InChI is InChI=1S/C11H19ClN4O/c1-4-13-11-14-8-9(12)10(15-11)16(5-2)6-7-17-3/h8H,4-7H2,1-3H3,(H,13,14,15). The van der Waals surface area contributed by atoms with Gasteiger partial charge in [0.25, 0.3) is 0 Å². The van der Waals surface area contributed by atoms with Crippen LogP contribution in [0.25, 0.3) is 0 Å². The zero-order valence-electron chi connectivity index (χ0n) is 10.5. The van der Waals surface area contributed by atoms with Gasteiger partial charge in [0.05, 0.1) is 12.8 Å². The van der Waals surface area contributed by atoms with Crippen LogP contribution < -0.4 is 10.2 Å². The lowest BCUT2D eigenvalue weighted by molar-refractivity contribution is 0.205. The fourth-order valence-electron chi connectivity index (χ4n) is 1.44. The number of likely N-dealkylation sites (N-methyl/N-ethyl adjacent to an activating group) is 1. The molecular formula is C11H19ClN4O. The van der Waals surface area contributed by atoms with Crippen molar-refractivity contribution in [2.45, 2.75) is 13.8 Å². The molecule has 1 heterocycles. The summed E-state index contributed by atoms with van der Waals surface area (Å²) in [5.74, 6) is 1.35. The van der Waals surface area contributed by atoms with Crippen LogP contribution in [0.3, 0.4) is 0 Å². The monoisotopic (exact) mass is 258 g/mol. The molecule has 0 spiro atoms. The lowest BCUT2D eigenvalue weighted by Gasteiger charge is -2.22. The third-order valence-electron chi connectivity index (χ3n) is 2.31. The number of methoxy groups -OCH3 is 1. The van der Waals surface area contributed by atoms with Crippen molar-refractivity contribution in [3.8, 4) is 0 Å².